The zero-order valence-corrected chi connectivity index (χ0v) is 12.3. The van der Waals surface area contributed by atoms with Gasteiger partial charge in [-0.3, -0.25) is 0 Å². The third kappa shape index (κ3) is 4.72. The number of hydrogen-bond acceptors (Lipinski definition) is 5. The highest BCUT2D eigenvalue weighted by Gasteiger charge is 2.08. The Hall–Kier alpha value is -2.13. The Bertz CT molecular complexity index is 641. The van der Waals surface area contributed by atoms with Gasteiger partial charge < -0.3 is 15.7 Å². The quantitative estimate of drug-likeness (QED) is 0.737. The number of hydrogen-bond donors (Lipinski definition) is 3. The fourth-order valence-corrected chi connectivity index (χ4v) is 2.49. The van der Waals surface area contributed by atoms with E-state index in [0.29, 0.717) is 24.0 Å². The largest absolute Gasteiger partial charge is 0.476 e. The summed E-state index contributed by atoms with van der Waals surface area (Å²) in [6.07, 6.45) is 1.30. The van der Waals surface area contributed by atoms with E-state index >= 15 is 0 Å². The van der Waals surface area contributed by atoms with Crippen LogP contribution in [0, 0.1) is 0 Å². The summed E-state index contributed by atoms with van der Waals surface area (Å²) in [5, 5.41) is 21.1. The lowest BCUT2D eigenvalue weighted by atomic mass is 10.5. The summed E-state index contributed by atoms with van der Waals surface area (Å²) < 4.78 is 2.02. The number of thiophene rings is 1. The van der Waals surface area contributed by atoms with Crippen molar-refractivity contribution in [3.8, 4) is 0 Å². The molecule has 2 aromatic rings. The lowest BCUT2D eigenvalue weighted by Gasteiger charge is -2.06. The van der Waals surface area contributed by atoms with Crippen LogP contribution in [0.1, 0.15) is 15.4 Å². The van der Waals surface area contributed by atoms with Crippen molar-refractivity contribution in [1.82, 2.24) is 25.6 Å². The van der Waals surface area contributed by atoms with Gasteiger partial charge in [0, 0.05) is 11.4 Å². The van der Waals surface area contributed by atoms with E-state index in [-0.39, 0.29) is 11.7 Å². The summed E-state index contributed by atoms with van der Waals surface area (Å²) in [5.74, 6) is -1.14. The number of carbonyl (C=O) groups is 2. The summed E-state index contributed by atoms with van der Waals surface area (Å²) in [4.78, 5) is 23.1. The van der Waals surface area contributed by atoms with Crippen molar-refractivity contribution in [1.29, 1.82) is 0 Å². The highest BCUT2D eigenvalue weighted by molar-refractivity contribution is 7.16. The smallest absolute Gasteiger partial charge is 0.358 e. The monoisotopic (exact) mass is 329 g/mol. The Balaban J connectivity index is 1.67. The maximum Gasteiger partial charge on any atom is 0.358 e. The second-order valence-corrected chi connectivity index (χ2v) is 5.79. The summed E-state index contributed by atoms with van der Waals surface area (Å²) in [7, 11) is 0. The standard InChI is InChI=1S/C11H12ClN5O3S/c12-9-2-1-7(21-9)5-14-11(20)13-3-4-17-6-8(10(18)19)15-16-17/h1-2,6H,3-5H2,(H,18,19)(H2,13,14,20). The number of aromatic nitrogens is 3. The van der Waals surface area contributed by atoms with E-state index in [0.717, 1.165) is 4.88 Å². The molecular weight excluding hydrogens is 318 g/mol. The third-order valence-corrected chi connectivity index (χ3v) is 3.67. The Kier molecular flexibility index (Phi) is 5.12. The van der Waals surface area contributed by atoms with Gasteiger partial charge in [0.1, 0.15) is 0 Å². The van der Waals surface area contributed by atoms with Gasteiger partial charge >= 0.3 is 12.0 Å². The zero-order valence-electron chi connectivity index (χ0n) is 10.7. The van der Waals surface area contributed by atoms with Crippen LogP contribution in [0.5, 0.6) is 0 Å². The number of carboxylic acids is 1. The lowest BCUT2D eigenvalue weighted by molar-refractivity contribution is 0.0690. The predicted molar refractivity (Wildman–Crippen MR) is 76.5 cm³/mol. The number of urea groups is 1. The second-order valence-electron chi connectivity index (χ2n) is 3.99. The van der Waals surface area contributed by atoms with Gasteiger partial charge in [-0.25, -0.2) is 14.3 Å². The number of aromatic carboxylic acids is 1. The van der Waals surface area contributed by atoms with Gasteiger partial charge in [-0.2, -0.15) is 0 Å². The molecule has 0 radical (unpaired) electrons. The summed E-state index contributed by atoms with van der Waals surface area (Å²) >= 11 is 7.18. The molecule has 0 fully saturated rings. The number of halogens is 1. The molecule has 2 heterocycles. The first-order valence-electron chi connectivity index (χ1n) is 5.94. The fourth-order valence-electron chi connectivity index (χ4n) is 1.47. The van der Waals surface area contributed by atoms with Crippen LogP contribution in [0.2, 0.25) is 4.34 Å². The van der Waals surface area contributed by atoms with Crippen molar-refractivity contribution < 1.29 is 14.7 Å². The van der Waals surface area contributed by atoms with Crippen LogP contribution in [0.4, 0.5) is 4.79 Å². The van der Waals surface area contributed by atoms with E-state index in [9.17, 15) is 9.59 Å². The molecule has 0 unspecified atom stereocenters. The normalized spacial score (nSPS) is 10.3. The SMILES string of the molecule is O=C(NCCn1cc(C(=O)O)nn1)NCc1ccc(Cl)s1. The van der Waals surface area contributed by atoms with Crippen molar-refractivity contribution in [2.45, 2.75) is 13.1 Å². The van der Waals surface area contributed by atoms with Crippen LogP contribution in [-0.2, 0) is 13.1 Å². The topological polar surface area (TPSA) is 109 Å². The number of amides is 2. The number of nitrogens with one attached hydrogen (secondary N) is 2. The molecule has 0 aliphatic carbocycles. The Labute approximate surface area is 128 Å². The summed E-state index contributed by atoms with van der Waals surface area (Å²) in [6.45, 7) is 1.04. The van der Waals surface area contributed by atoms with Crippen LogP contribution in [-0.4, -0.2) is 38.6 Å². The Morgan fingerprint density at radius 1 is 1.38 bits per heavy atom. The minimum Gasteiger partial charge on any atom is -0.476 e. The maximum atomic E-state index is 11.5. The van der Waals surface area contributed by atoms with E-state index in [1.807, 2.05) is 6.07 Å². The van der Waals surface area contributed by atoms with E-state index in [2.05, 4.69) is 20.9 Å². The van der Waals surface area contributed by atoms with Crippen LogP contribution in [0.25, 0.3) is 0 Å². The van der Waals surface area contributed by atoms with Gasteiger partial charge in [0.15, 0.2) is 5.69 Å². The predicted octanol–water partition coefficient (Wildman–Crippen LogP) is 1.19. The van der Waals surface area contributed by atoms with Gasteiger partial charge in [-0.1, -0.05) is 16.8 Å². The second kappa shape index (κ2) is 7.04. The van der Waals surface area contributed by atoms with E-state index in [1.165, 1.54) is 22.2 Å². The average Bonchev–Trinajstić information content (AvgIpc) is 3.05. The van der Waals surface area contributed by atoms with Gasteiger partial charge in [0.25, 0.3) is 0 Å². The fraction of sp³-hybridized carbons (Fsp3) is 0.273. The maximum absolute atomic E-state index is 11.5. The van der Waals surface area contributed by atoms with Crippen LogP contribution in [0.3, 0.4) is 0 Å². The molecule has 0 aromatic carbocycles. The molecule has 112 valence electrons. The molecule has 0 saturated carbocycles. The molecule has 0 aliphatic heterocycles. The Morgan fingerprint density at radius 3 is 2.81 bits per heavy atom. The van der Waals surface area contributed by atoms with Crippen LogP contribution in [0.15, 0.2) is 18.3 Å². The molecule has 2 aromatic heterocycles. The minimum absolute atomic E-state index is 0.131. The number of carboxylic acid groups (broad SMARTS) is 1. The summed E-state index contributed by atoms with van der Waals surface area (Å²) in [5.41, 5.74) is -0.131. The van der Waals surface area contributed by atoms with Crippen molar-refractivity contribution >= 4 is 34.9 Å². The summed E-state index contributed by atoms with van der Waals surface area (Å²) in [6, 6.07) is 3.29. The Morgan fingerprint density at radius 2 is 2.19 bits per heavy atom. The van der Waals surface area contributed by atoms with Crippen molar-refractivity contribution in [3.63, 3.8) is 0 Å². The molecule has 0 saturated heterocycles. The molecule has 3 N–H and O–H groups in total. The highest BCUT2D eigenvalue weighted by Crippen LogP contribution is 2.20. The lowest BCUT2D eigenvalue weighted by Crippen LogP contribution is -2.36. The van der Waals surface area contributed by atoms with Gasteiger partial charge in [-0.05, 0) is 12.1 Å². The van der Waals surface area contributed by atoms with E-state index < -0.39 is 5.97 Å². The number of carbonyl (C=O) groups excluding carboxylic acids is 1. The third-order valence-electron chi connectivity index (χ3n) is 2.44. The zero-order chi connectivity index (χ0) is 15.2. The van der Waals surface area contributed by atoms with Crippen LogP contribution < -0.4 is 10.6 Å². The minimum atomic E-state index is -1.14. The van der Waals surface area contributed by atoms with Crippen molar-refractivity contribution in [2.24, 2.45) is 0 Å². The molecular formula is C11H12ClN5O3S. The van der Waals surface area contributed by atoms with Crippen molar-refractivity contribution in [2.75, 3.05) is 6.54 Å². The molecule has 2 amide bonds. The molecule has 0 atom stereocenters. The molecule has 0 spiro atoms. The average molecular weight is 330 g/mol. The molecule has 8 nitrogen and oxygen atoms in total. The van der Waals surface area contributed by atoms with E-state index in [1.54, 1.807) is 6.07 Å². The van der Waals surface area contributed by atoms with Gasteiger partial charge in [0.2, 0.25) is 0 Å². The first-order valence-corrected chi connectivity index (χ1v) is 7.13. The van der Waals surface area contributed by atoms with E-state index in [4.69, 9.17) is 16.7 Å². The van der Waals surface area contributed by atoms with Gasteiger partial charge in [0.05, 0.1) is 23.6 Å². The highest BCUT2D eigenvalue weighted by atomic mass is 35.5. The van der Waals surface area contributed by atoms with Crippen molar-refractivity contribution in [3.05, 3.63) is 33.2 Å². The molecule has 10 heteroatoms. The first kappa shape index (κ1) is 15.3. The van der Waals surface area contributed by atoms with Gasteiger partial charge in [-0.15, -0.1) is 16.4 Å². The molecule has 2 rings (SSSR count). The first-order chi connectivity index (χ1) is 10.0. The van der Waals surface area contributed by atoms with Crippen LogP contribution >= 0.6 is 22.9 Å². The molecule has 0 aliphatic rings. The molecule has 0 bridgehead atoms. The number of nitrogens with zero attached hydrogens (tertiary/aromatic N) is 3. The molecule has 21 heavy (non-hydrogen) atoms. The number of rotatable bonds is 6.